The number of nitrogens with one attached hydrogen (secondary N) is 2. The zero-order valence-corrected chi connectivity index (χ0v) is 24.6. The first-order valence-corrected chi connectivity index (χ1v) is 13.7. The Hall–Kier alpha value is -3.74. The van der Waals surface area contributed by atoms with Crippen molar-refractivity contribution in [1.82, 2.24) is 20.4 Å². The maximum absolute atomic E-state index is 13.4. The highest BCUT2D eigenvalue weighted by atomic mass is 16.6. The molecule has 0 aromatic rings. The molecule has 0 aromatic heterocycles. The van der Waals surface area contributed by atoms with Crippen LogP contribution in [-0.2, 0) is 33.4 Å². The fourth-order valence-corrected chi connectivity index (χ4v) is 5.47. The first-order valence-electron chi connectivity index (χ1n) is 13.7. The van der Waals surface area contributed by atoms with E-state index < -0.39 is 41.3 Å². The molecule has 41 heavy (non-hydrogen) atoms. The molecule has 3 aliphatic carbocycles. The van der Waals surface area contributed by atoms with Gasteiger partial charge in [-0.2, -0.15) is 0 Å². The summed E-state index contributed by atoms with van der Waals surface area (Å²) in [4.78, 5) is 76.3. The molecule has 0 aliphatic heterocycles. The average Bonchev–Trinajstić information content (AvgIpc) is 3.69. The van der Waals surface area contributed by atoms with Gasteiger partial charge >= 0.3 is 12.1 Å². The van der Waals surface area contributed by atoms with E-state index in [1.807, 2.05) is 13.8 Å². The molecule has 226 valence electrons. The Balaban J connectivity index is 1.63. The van der Waals surface area contributed by atoms with Gasteiger partial charge in [0.25, 0.3) is 0 Å². The van der Waals surface area contributed by atoms with Gasteiger partial charge in [-0.25, -0.2) is 4.79 Å². The van der Waals surface area contributed by atoms with Crippen LogP contribution in [0, 0.1) is 16.7 Å². The van der Waals surface area contributed by atoms with Crippen LogP contribution in [0.25, 0.3) is 0 Å². The summed E-state index contributed by atoms with van der Waals surface area (Å²) in [5.41, 5.74) is 6.28. The van der Waals surface area contributed by atoms with Gasteiger partial charge in [0, 0.05) is 56.6 Å². The lowest BCUT2D eigenvalue weighted by Gasteiger charge is -2.36. The molecule has 0 heterocycles. The lowest BCUT2D eigenvalue weighted by atomic mass is 9.70. The summed E-state index contributed by atoms with van der Waals surface area (Å²) in [7, 11) is 3.07. The van der Waals surface area contributed by atoms with Crippen LogP contribution in [0.4, 0.5) is 4.79 Å². The van der Waals surface area contributed by atoms with Crippen LogP contribution in [0.3, 0.4) is 0 Å². The zero-order chi connectivity index (χ0) is 30.7. The second-order valence-electron chi connectivity index (χ2n) is 11.4. The average molecular weight is 576 g/mol. The molecule has 1 spiro atoms. The highest BCUT2D eigenvalue weighted by Crippen LogP contribution is 2.64. The molecule has 13 heteroatoms. The van der Waals surface area contributed by atoms with Crippen molar-refractivity contribution >= 4 is 35.6 Å². The lowest BCUT2D eigenvalue weighted by Crippen LogP contribution is -2.46. The van der Waals surface area contributed by atoms with E-state index >= 15 is 0 Å². The SMILES string of the molecule is CC(=O)OC[C@]1(C)C=C2C(=O)[C@@H](C)C3(CC3)C(C)=C2C1OC(=O)N(C)CCN(C)C(=O)CNC(=O)CNC(=O)CN. The molecule has 4 N–H and O–H groups in total. The van der Waals surface area contributed by atoms with Crippen molar-refractivity contribution in [2.75, 3.05) is 53.4 Å². The third-order valence-electron chi connectivity index (χ3n) is 8.43. The number of amides is 4. The Morgan fingerprint density at radius 1 is 1.05 bits per heavy atom. The summed E-state index contributed by atoms with van der Waals surface area (Å²) in [6.45, 7) is 6.44. The number of likely N-dealkylation sites (N-methyl/N-ethyl adjacent to an activating group) is 2. The van der Waals surface area contributed by atoms with Crippen LogP contribution in [-0.4, -0.2) is 105 Å². The monoisotopic (exact) mass is 575 g/mol. The summed E-state index contributed by atoms with van der Waals surface area (Å²) in [6.07, 6.45) is 2.10. The molecular formula is C28H41N5O8. The number of hydrogen-bond donors (Lipinski definition) is 3. The lowest BCUT2D eigenvalue weighted by molar-refractivity contribution is -0.144. The second-order valence-corrected chi connectivity index (χ2v) is 11.4. The molecular weight excluding hydrogens is 534 g/mol. The molecule has 0 saturated heterocycles. The zero-order valence-electron chi connectivity index (χ0n) is 24.6. The standard InChI is InChI=1S/C28H41N5O8/c1-16-23-19(24(38)17(2)28(16)7-8-28)11-27(4,15-40-18(3)34)25(23)41-26(39)33(6)10-9-32(5)22(37)14-31-21(36)13-30-20(35)12-29/h11,17,25H,7-10,12-15,29H2,1-6H3,(H,30,35)(H,31,36)/t17-,25?,27+/m1/s1. The van der Waals surface area contributed by atoms with Gasteiger partial charge in [-0.05, 0) is 26.7 Å². The van der Waals surface area contributed by atoms with E-state index in [0.717, 1.165) is 18.4 Å². The van der Waals surface area contributed by atoms with Gasteiger partial charge in [-0.1, -0.05) is 18.6 Å². The predicted octanol–water partition coefficient (Wildman–Crippen LogP) is -0.102. The van der Waals surface area contributed by atoms with Gasteiger partial charge in [0.05, 0.1) is 25.0 Å². The highest BCUT2D eigenvalue weighted by Gasteiger charge is 2.60. The molecule has 3 atom stereocenters. The van der Waals surface area contributed by atoms with Crippen molar-refractivity contribution in [1.29, 1.82) is 0 Å². The number of rotatable bonds is 11. The van der Waals surface area contributed by atoms with Crippen LogP contribution in [0.2, 0.25) is 0 Å². The number of nitrogens with zero attached hydrogens (tertiary/aromatic N) is 2. The summed E-state index contributed by atoms with van der Waals surface area (Å²) in [6, 6.07) is 0. The number of Topliss-reactive ketones (excluding diaryl/α,β-unsaturated/α-hetero) is 1. The third-order valence-corrected chi connectivity index (χ3v) is 8.43. The van der Waals surface area contributed by atoms with Crippen LogP contribution in [0.15, 0.2) is 22.8 Å². The molecule has 3 aliphatic rings. The number of nitrogens with two attached hydrogens (primary N) is 1. The van der Waals surface area contributed by atoms with Crippen molar-refractivity contribution in [2.24, 2.45) is 22.5 Å². The van der Waals surface area contributed by atoms with Gasteiger partial charge in [-0.3, -0.25) is 24.0 Å². The largest absolute Gasteiger partial charge is 0.465 e. The maximum Gasteiger partial charge on any atom is 0.410 e. The number of hydrogen-bond acceptors (Lipinski definition) is 9. The number of ketones is 1. The normalized spacial score (nSPS) is 23.8. The molecule has 3 rings (SSSR count). The van der Waals surface area contributed by atoms with Gasteiger partial charge in [-0.15, -0.1) is 0 Å². The molecule has 0 radical (unpaired) electrons. The summed E-state index contributed by atoms with van der Waals surface area (Å²) in [5, 5.41) is 4.72. The minimum Gasteiger partial charge on any atom is -0.465 e. The Bertz CT molecular complexity index is 1190. The molecule has 0 bridgehead atoms. The number of allylic oxidation sites excluding steroid dienone is 1. The quantitative estimate of drug-likeness (QED) is 0.284. The van der Waals surface area contributed by atoms with Gasteiger partial charge in [0.2, 0.25) is 17.7 Å². The van der Waals surface area contributed by atoms with E-state index in [1.165, 1.54) is 30.8 Å². The van der Waals surface area contributed by atoms with Crippen molar-refractivity contribution in [2.45, 2.75) is 46.6 Å². The van der Waals surface area contributed by atoms with E-state index in [1.54, 1.807) is 13.0 Å². The molecule has 13 nitrogen and oxygen atoms in total. The van der Waals surface area contributed by atoms with Crippen molar-refractivity contribution < 1.29 is 38.2 Å². The van der Waals surface area contributed by atoms with Crippen molar-refractivity contribution in [3.63, 3.8) is 0 Å². The van der Waals surface area contributed by atoms with Crippen LogP contribution in [0.5, 0.6) is 0 Å². The van der Waals surface area contributed by atoms with Gasteiger partial charge < -0.3 is 35.6 Å². The van der Waals surface area contributed by atoms with Crippen LogP contribution < -0.4 is 16.4 Å². The molecule has 4 amide bonds. The first kappa shape index (κ1) is 31.8. The fourth-order valence-electron chi connectivity index (χ4n) is 5.47. The van der Waals surface area contributed by atoms with Gasteiger partial charge in [0.1, 0.15) is 12.7 Å². The van der Waals surface area contributed by atoms with Crippen molar-refractivity contribution in [3.05, 3.63) is 22.8 Å². The van der Waals surface area contributed by atoms with Crippen LogP contribution in [0.1, 0.15) is 40.5 Å². The minimum atomic E-state index is -0.932. The van der Waals surface area contributed by atoms with Crippen molar-refractivity contribution in [3.8, 4) is 0 Å². The smallest absolute Gasteiger partial charge is 0.410 e. The molecule has 1 unspecified atom stereocenters. The first-order chi connectivity index (χ1) is 19.2. The number of esters is 1. The van der Waals surface area contributed by atoms with E-state index in [9.17, 15) is 28.8 Å². The summed E-state index contributed by atoms with van der Waals surface area (Å²) in [5.74, 6) is -2.06. The minimum absolute atomic E-state index is 0.0121. The summed E-state index contributed by atoms with van der Waals surface area (Å²) < 4.78 is 11.3. The Kier molecular flexibility index (Phi) is 9.62. The van der Waals surface area contributed by atoms with Gasteiger partial charge in [0.15, 0.2) is 5.78 Å². The van der Waals surface area contributed by atoms with E-state index in [-0.39, 0.29) is 56.4 Å². The fraction of sp³-hybridized carbons (Fsp3) is 0.643. The van der Waals surface area contributed by atoms with E-state index in [0.29, 0.717) is 11.1 Å². The molecule has 0 aromatic carbocycles. The number of fused-ring (bicyclic) bond motifs is 1. The highest BCUT2D eigenvalue weighted by molar-refractivity contribution is 6.05. The molecule has 1 fully saturated rings. The Morgan fingerprint density at radius 2 is 1.66 bits per heavy atom. The van der Waals surface area contributed by atoms with Crippen LogP contribution >= 0.6 is 0 Å². The number of carbonyl (C=O) groups is 6. The summed E-state index contributed by atoms with van der Waals surface area (Å²) >= 11 is 0. The second kappa shape index (κ2) is 12.4. The maximum atomic E-state index is 13.4. The van der Waals surface area contributed by atoms with E-state index in [2.05, 4.69) is 10.6 Å². The Morgan fingerprint density at radius 3 is 2.24 bits per heavy atom. The molecule has 1 saturated carbocycles. The number of carbonyl (C=O) groups excluding carboxylic acids is 6. The topological polar surface area (TPSA) is 177 Å². The third kappa shape index (κ3) is 6.77. The van der Waals surface area contributed by atoms with E-state index in [4.69, 9.17) is 15.2 Å². The Labute approximate surface area is 239 Å². The predicted molar refractivity (Wildman–Crippen MR) is 147 cm³/mol. The number of ether oxygens (including phenoxy) is 2.